The number of nitriles is 1. The Labute approximate surface area is 279 Å². The Hall–Kier alpha value is -4.24. The number of pyridine rings is 1. The highest BCUT2D eigenvalue weighted by Gasteiger charge is 2.66. The van der Waals surface area contributed by atoms with Crippen molar-refractivity contribution in [3.05, 3.63) is 18.1 Å². The van der Waals surface area contributed by atoms with E-state index in [0.29, 0.717) is 6.42 Å². The van der Waals surface area contributed by atoms with Gasteiger partial charge in [-0.1, -0.05) is 20.8 Å². The molecule has 2 saturated carbocycles. The number of rotatable bonds is 4. The number of amides is 4. The summed E-state index contributed by atoms with van der Waals surface area (Å²) in [5.41, 5.74) is -3.40. The van der Waals surface area contributed by atoms with E-state index in [-0.39, 0.29) is 30.5 Å². The van der Waals surface area contributed by atoms with Crippen molar-refractivity contribution in [2.45, 2.75) is 82.3 Å². The van der Waals surface area contributed by atoms with Crippen molar-refractivity contribution in [1.82, 2.24) is 20.1 Å². The van der Waals surface area contributed by atoms with Gasteiger partial charge in [0.2, 0.25) is 29.2 Å². The van der Waals surface area contributed by atoms with Crippen molar-refractivity contribution >= 4 is 29.4 Å². The van der Waals surface area contributed by atoms with Crippen molar-refractivity contribution in [2.24, 2.45) is 35.0 Å². The second-order valence-corrected chi connectivity index (χ2v) is 14.8. The monoisotopic (exact) mass is 720 g/mol. The van der Waals surface area contributed by atoms with Crippen LogP contribution >= 0.6 is 0 Å². The van der Waals surface area contributed by atoms with Crippen LogP contribution in [0.3, 0.4) is 0 Å². The van der Waals surface area contributed by atoms with Gasteiger partial charge in [-0.05, 0) is 41.9 Å². The Bertz CT molecular complexity index is 1650. The number of fused-ring (bicyclic) bond motifs is 6. The molecule has 19 heteroatoms. The molecule has 3 aliphatic heterocycles. The summed E-state index contributed by atoms with van der Waals surface area (Å²) in [5, 5.41) is 14.2. The predicted octanol–water partition coefficient (Wildman–Crippen LogP) is 3.51. The molecule has 9 atom stereocenters. The number of carbonyl (C=O) groups is 4. The normalized spacial score (nSPS) is 32.4. The molecule has 0 radical (unpaired) electrons. The highest BCUT2D eigenvalue weighted by Crippen LogP contribution is 2.59. The Balaban J connectivity index is 1.34. The van der Waals surface area contributed by atoms with Crippen LogP contribution in [-0.4, -0.2) is 93.8 Å². The van der Waals surface area contributed by atoms with E-state index in [0.717, 1.165) is 22.1 Å². The van der Waals surface area contributed by atoms with Gasteiger partial charge in [0.05, 0.1) is 18.8 Å². The maximum atomic E-state index is 15.2. The number of alkyl halides is 7. The van der Waals surface area contributed by atoms with E-state index in [1.165, 1.54) is 20.8 Å². The molecule has 2 bridgehead atoms. The predicted molar refractivity (Wildman–Crippen MR) is 152 cm³/mol. The number of likely N-dealkylation sites (tertiary alicyclic amines) is 2. The third kappa shape index (κ3) is 5.77. The maximum Gasteiger partial charge on any atom is 0.409 e. The number of hydrogen-bond donors (Lipinski definition) is 2. The van der Waals surface area contributed by atoms with E-state index >= 15 is 4.39 Å². The van der Waals surface area contributed by atoms with E-state index in [1.807, 2.05) is 6.07 Å². The highest BCUT2D eigenvalue weighted by molar-refractivity contribution is 6.01. The molecule has 11 nitrogen and oxygen atoms in total. The average Bonchev–Trinajstić information content (AvgIpc) is 3.73. The lowest BCUT2D eigenvalue weighted by molar-refractivity contribution is -0.274. The molecule has 50 heavy (non-hydrogen) atoms. The molecule has 4 heterocycles. The first-order chi connectivity index (χ1) is 23.1. The Morgan fingerprint density at radius 2 is 1.76 bits per heavy atom. The number of aromatic nitrogens is 1. The van der Waals surface area contributed by atoms with E-state index in [1.54, 1.807) is 5.32 Å². The lowest BCUT2D eigenvalue weighted by Crippen LogP contribution is -2.62. The molecule has 5 aliphatic rings. The molecule has 6 rings (SSSR count). The molecule has 2 aliphatic carbocycles. The number of halogens is 8. The molecule has 1 spiro atoms. The van der Waals surface area contributed by atoms with Crippen LogP contribution in [0.1, 0.15) is 40.0 Å². The van der Waals surface area contributed by atoms with E-state index in [9.17, 15) is 55.2 Å². The summed E-state index contributed by atoms with van der Waals surface area (Å²) in [6, 6.07) is -2.05. The van der Waals surface area contributed by atoms with Gasteiger partial charge in [-0.2, -0.15) is 31.6 Å². The standard InChI is InChI=1S/C31H32F8N6O5/c1-28(2,3)22(42-24(46)21(30(34,35)36)31(37,38)39)26(48)44-10-16-12-4-15(17(33)5-12)19(16)20(44)25(47)45-11-29(7-14(45)8-40)27(49)43-23-18(50-29)6-13(32)9-41-23/h6,9,12,14-17,19-22H,4-5,7,10-11H2,1-3H3,(H,42,46)(H,41,43,49)/t12-,14-,15+,16+,17+,19-,20-,22+,29+/m0/s1. The second-order valence-electron chi connectivity index (χ2n) is 14.8. The van der Waals surface area contributed by atoms with E-state index in [2.05, 4.69) is 10.3 Å². The van der Waals surface area contributed by atoms with Crippen molar-refractivity contribution in [3.63, 3.8) is 0 Å². The number of ether oxygens (including phenoxy) is 1. The number of nitrogens with one attached hydrogen (secondary N) is 2. The SMILES string of the molecule is CC(C)(C)[C@H](NC(=O)C(C(F)(F)F)C(F)(F)F)C(=O)N1C[C@@H]2[C@H]3C[C@@H]([C@@H]2[C@H]1C(=O)N1C[C@@]2(C[C@H]1C#N)Oc1cc(F)cnc1NC2=O)[C@H](F)C3. The number of carbonyl (C=O) groups excluding carboxylic acids is 4. The van der Waals surface area contributed by atoms with Crippen molar-refractivity contribution < 1.29 is 59.0 Å². The molecule has 0 aromatic carbocycles. The zero-order chi connectivity index (χ0) is 36.9. The molecule has 1 aromatic heterocycles. The van der Waals surface area contributed by atoms with Gasteiger partial charge >= 0.3 is 12.4 Å². The van der Waals surface area contributed by atoms with Crippen LogP contribution in [0.4, 0.5) is 40.9 Å². The molecule has 272 valence electrons. The van der Waals surface area contributed by atoms with Crippen LogP contribution in [0.5, 0.6) is 5.75 Å². The molecule has 0 unspecified atom stereocenters. The zero-order valence-corrected chi connectivity index (χ0v) is 26.7. The Kier molecular flexibility index (Phi) is 8.29. The van der Waals surface area contributed by atoms with Gasteiger partial charge in [0.15, 0.2) is 11.6 Å². The Morgan fingerprint density at radius 1 is 1.10 bits per heavy atom. The van der Waals surface area contributed by atoms with E-state index < -0.39 is 114 Å². The quantitative estimate of drug-likeness (QED) is 0.454. The second kappa shape index (κ2) is 11.7. The largest absolute Gasteiger partial charge is 0.471 e. The van der Waals surface area contributed by atoms with Gasteiger partial charge in [-0.25, -0.2) is 13.8 Å². The minimum absolute atomic E-state index is 0.111. The molecule has 4 fully saturated rings. The molecule has 1 aromatic rings. The molecule has 4 amide bonds. The van der Waals surface area contributed by atoms with Gasteiger partial charge in [-0.3, -0.25) is 19.2 Å². The zero-order valence-electron chi connectivity index (χ0n) is 26.7. The lowest BCUT2D eigenvalue weighted by Gasteiger charge is -2.39. The summed E-state index contributed by atoms with van der Waals surface area (Å²) >= 11 is 0. The number of hydrogen-bond acceptors (Lipinski definition) is 7. The smallest absolute Gasteiger partial charge is 0.409 e. The maximum absolute atomic E-state index is 15.2. The van der Waals surface area contributed by atoms with Crippen LogP contribution in [0.15, 0.2) is 12.3 Å². The fourth-order valence-electron chi connectivity index (χ4n) is 8.47. The van der Waals surface area contributed by atoms with Crippen LogP contribution in [0.25, 0.3) is 0 Å². The molecule has 2 saturated heterocycles. The summed E-state index contributed by atoms with van der Waals surface area (Å²) in [6.07, 6.45) is -12.5. The summed E-state index contributed by atoms with van der Waals surface area (Å²) in [7, 11) is 0. The summed E-state index contributed by atoms with van der Waals surface area (Å²) in [6.45, 7) is 3.10. The van der Waals surface area contributed by atoms with Crippen LogP contribution < -0.4 is 15.4 Å². The molecular formula is C31H32F8N6O5. The third-order valence-electron chi connectivity index (χ3n) is 10.6. The van der Waals surface area contributed by atoms with Gasteiger partial charge in [0.25, 0.3) is 5.91 Å². The molecular weight excluding hydrogens is 688 g/mol. The van der Waals surface area contributed by atoms with Gasteiger partial charge in [-0.15, -0.1) is 0 Å². The minimum atomic E-state index is -6.04. The first-order valence-electron chi connectivity index (χ1n) is 15.8. The van der Waals surface area contributed by atoms with Crippen LogP contribution in [-0.2, 0) is 19.2 Å². The third-order valence-corrected chi connectivity index (χ3v) is 10.6. The van der Waals surface area contributed by atoms with Gasteiger partial charge < -0.3 is 25.2 Å². The van der Waals surface area contributed by atoms with Gasteiger partial charge in [0.1, 0.15) is 30.1 Å². The first kappa shape index (κ1) is 35.6. The van der Waals surface area contributed by atoms with Crippen molar-refractivity contribution in [1.29, 1.82) is 5.26 Å². The fourth-order valence-corrected chi connectivity index (χ4v) is 8.47. The highest BCUT2D eigenvalue weighted by atomic mass is 19.4. The summed E-state index contributed by atoms with van der Waals surface area (Å²) < 4.78 is 116. The van der Waals surface area contributed by atoms with Crippen LogP contribution in [0.2, 0.25) is 0 Å². The van der Waals surface area contributed by atoms with Crippen molar-refractivity contribution in [3.8, 4) is 11.8 Å². The topological polar surface area (TPSA) is 145 Å². The number of anilines is 1. The Morgan fingerprint density at radius 3 is 2.36 bits per heavy atom. The summed E-state index contributed by atoms with van der Waals surface area (Å²) in [4.78, 5) is 60.4. The first-order valence-corrected chi connectivity index (χ1v) is 15.8. The van der Waals surface area contributed by atoms with Gasteiger partial charge in [0, 0.05) is 19.0 Å². The van der Waals surface area contributed by atoms with Crippen LogP contribution in [0, 0.1) is 52.2 Å². The van der Waals surface area contributed by atoms with Crippen molar-refractivity contribution in [2.75, 3.05) is 18.4 Å². The number of nitrogens with zero attached hydrogens (tertiary/aromatic N) is 4. The summed E-state index contributed by atoms with van der Waals surface area (Å²) in [5.74, 6) is -13.3. The van der Waals surface area contributed by atoms with E-state index in [4.69, 9.17) is 4.74 Å². The lowest BCUT2D eigenvalue weighted by atomic mass is 9.77. The average molecular weight is 721 g/mol. The minimum Gasteiger partial charge on any atom is -0.471 e. The fraction of sp³-hybridized carbons (Fsp3) is 0.677. The molecule has 2 N–H and O–H groups in total.